The van der Waals surface area contributed by atoms with Crippen molar-refractivity contribution >= 4 is 5.97 Å². The molecule has 286 valence electrons. The second kappa shape index (κ2) is 12.7. The fraction of sp³-hybridized carbons (Fsp3) is 0.767. The minimum absolute atomic E-state index is 0.0999. The van der Waals surface area contributed by atoms with Gasteiger partial charge in [0.15, 0.2) is 5.82 Å². The smallest absolute Gasteiger partial charge is 0.307 e. The highest BCUT2D eigenvalue weighted by molar-refractivity contribution is 5.73. The molecule has 1 saturated heterocycles. The Bertz CT molecular complexity index is 1690. The van der Waals surface area contributed by atoms with Crippen molar-refractivity contribution in [3.8, 4) is 11.4 Å². The average Bonchev–Trinajstić information content (AvgIpc) is 3.57. The van der Waals surface area contributed by atoms with Crippen LogP contribution in [-0.4, -0.2) is 62.8 Å². The standard InChI is InChI=1S/C43H65N5O4/c1-26(2)27(3)39(7)17-18-41(9)29-11-12-32-40(8)23-51-24-43(32,30(29)13-16-42(41,10)34(39)37(49)50)21-31(35(40)52-22-33(44)38(4,5)6)48-36(46-25-47-48)28-14-19-45-20-15-28/h13-15,19-20,25-27,29,31-35H,11-12,16-18,21-24,44H2,1-10H3,(H,49,50)/t27-,29+,31-,32+,33+,34-,35+,39-,40-,41-,42+,43+/m1/s1. The van der Waals surface area contributed by atoms with Crippen LogP contribution in [0.15, 0.2) is 42.5 Å². The molecule has 4 fully saturated rings. The number of carboxylic acid groups (broad SMARTS) is 1. The van der Waals surface area contributed by atoms with Gasteiger partial charge in [-0.25, -0.2) is 9.67 Å². The molecule has 3 saturated carbocycles. The summed E-state index contributed by atoms with van der Waals surface area (Å²) in [5, 5.41) is 16.1. The lowest BCUT2D eigenvalue weighted by atomic mass is 9.34. The van der Waals surface area contributed by atoms with E-state index >= 15 is 0 Å². The summed E-state index contributed by atoms with van der Waals surface area (Å²) in [4.78, 5) is 22.6. The number of carboxylic acids is 1. The number of ether oxygens (including phenoxy) is 2. The second-order valence-electron chi connectivity index (χ2n) is 20.1. The van der Waals surface area contributed by atoms with E-state index in [-0.39, 0.29) is 56.6 Å². The maximum Gasteiger partial charge on any atom is 0.307 e. The Morgan fingerprint density at radius 1 is 1.08 bits per heavy atom. The molecule has 9 heteroatoms. The van der Waals surface area contributed by atoms with E-state index in [0.29, 0.717) is 37.6 Å². The Kier molecular flexibility index (Phi) is 9.22. The van der Waals surface area contributed by atoms with Gasteiger partial charge in [-0.3, -0.25) is 9.78 Å². The fourth-order valence-corrected chi connectivity index (χ4v) is 12.8. The number of nitrogens with two attached hydrogens (primary N) is 1. The topological polar surface area (TPSA) is 125 Å². The Balaban J connectivity index is 1.35. The first-order valence-corrected chi connectivity index (χ1v) is 20.0. The van der Waals surface area contributed by atoms with Crippen molar-refractivity contribution in [2.45, 2.75) is 126 Å². The lowest BCUT2D eigenvalue weighted by Crippen LogP contribution is -2.69. The number of fused-ring (bicyclic) bond motifs is 3. The van der Waals surface area contributed by atoms with Crippen molar-refractivity contribution in [2.24, 2.45) is 67.8 Å². The Morgan fingerprint density at radius 3 is 2.44 bits per heavy atom. The van der Waals surface area contributed by atoms with Crippen molar-refractivity contribution in [2.75, 3.05) is 19.8 Å². The van der Waals surface area contributed by atoms with Gasteiger partial charge in [0.25, 0.3) is 0 Å². The lowest BCUT2D eigenvalue weighted by molar-refractivity contribution is -0.251. The monoisotopic (exact) mass is 716 g/mol. The number of hydrogen-bond acceptors (Lipinski definition) is 7. The molecule has 1 aliphatic heterocycles. The molecule has 0 aromatic carbocycles. The molecule has 9 nitrogen and oxygen atoms in total. The fourth-order valence-electron chi connectivity index (χ4n) is 12.8. The highest BCUT2D eigenvalue weighted by atomic mass is 16.5. The third kappa shape index (κ3) is 5.32. The number of nitrogens with zero attached hydrogens (tertiary/aromatic N) is 4. The van der Waals surface area contributed by atoms with Gasteiger partial charge in [0, 0.05) is 34.8 Å². The third-order valence-corrected chi connectivity index (χ3v) is 16.5. The van der Waals surface area contributed by atoms with E-state index < -0.39 is 11.9 Å². The molecule has 4 aliphatic carbocycles. The van der Waals surface area contributed by atoms with Crippen molar-refractivity contribution in [1.29, 1.82) is 0 Å². The molecule has 3 heterocycles. The van der Waals surface area contributed by atoms with Crippen molar-refractivity contribution in [1.82, 2.24) is 19.7 Å². The van der Waals surface area contributed by atoms with E-state index in [1.165, 1.54) is 5.57 Å². The lowest BCUT2D eigenvalue weighted by Gasteiger charge is -2.71. The molecule has 2 aromatic rings. The summed E-state index contributed by atoms with van der Waals surface area (Å²) in [6.45, 7) is 24.5. The van der Waals surface area contributed by atoms with Crippen LogP contribution in [-0.2, 0) is 14.3 Å². The first-order chi connectivity index (χ1) is 24.3. The predicted octanol–water partition coefficient (Wildman–Crippen LogP) is 8.23. The molecule has 12 atom stereocenters. The molecule has 52 heavy (non-hydrogen) atoms. The van der Waals surface area contributed by atoms with Crippen LogP contribution in [0.5, 0.6) is 0 Å². The molecule has 2 bridgehead atoms. The summed E-state index contributed by atoms with van der Waals surface area (Å²) in [5.41, 5.74) is 7.86. The largest absolute Gasteiger partial charge is 0.481 e. The van der Waals surface area contributed by atoms with Gasteiger partial charge in [-0.15, -0.1) is 0 Å². The number of pyridine rings is 1. The molecule has 0 spiro atoms. The Labute approximate surface area is 311 Å². The van der Waals surface area contributed by atoms with Crippen molar-refractivity contribution < 1.29 is 19.4 Å². The van der Waals surface area contributed by atoms with E-state index in [1.54, 1.807) is 6.33 Å². The van der Waals surface area contributed by atoms with Crippen molar-refractivity contribution in [3.63, 3.8) is 0 Å². The molecular weight excluding hydrogens is 651 g/mol. The van der Waals surface area contributed by atoms with Crippen LogP contribution in [0.25, 0.3) is 11.4 Å². The maximum absolute atomic E-state index is 13.5. The third-order valence-electron chi connectivity index (χ3n) is 16.5. The summed E-state index contributed by atoms with van der Waals surface area (Å²) >= 11 is 0. The van der Waals surface area contributed by atoms with Gasteiger partial charge in [-0.1, -0.05) is 80.9 Å². The van der Waals surface area contributed by atoms with Gasteiger partial charge < -0.3 is 20.3 Å². The molecule has 0 unspecified atom stereocenters. The molecule has 3 N–H and O–H groups in total. The summed E-state index contributed by atoms with van der Waals surface area (Å²) < 4.78 is 16.0. The van der Waals surface area contributed by atoms with Gasteiger partial charge in [0.05, 0.1) is 37.9 Å². The first-order valence-electron chi connectivity index (χ1n) is 20.0. The van der Waals surface area contributed by atoms with Crippen LogP contribution in [0, 0.1) is 62.1 Å². The number of carbonyl (C=O) groups is 1. The normalized spacial score (nSPS) is 41.3. The summed E-state index contributed by atoms with van der Waals surface area (Å²) in [6, 6.07) is 3.77. The van der Waals surface area contributed by atoms with E-state index in [9.17, 15) is 9.90 Å². The van der Waals surface area contributed by atoms with Crippen molar-refractivity contribution in [3.05, 3.63) is 42.5 Å². The van der Waals surface area contributed by atoms with Crippen LogP contribution in [0.1, 0.15) is 114 Å². The van der Waals surface area contributed by atoms with Crippen LogP contribution in [0.4, 0.5) is 0 Å². The van der Waals surface area contributed by atoms with Gasteiger partial charge >= 0.3 is 5.97 Å². The number of aromatic nitrogens is 4. The van der Waals surface area contributed by atoms with E-state index in [2.05, 4.69) is 85.0 Å². The number of hydrogen-bond donors (Lipinski definition) is 2. The highest BCUT2D eigenvalue weighted by Crippen LogP contribution is 2.75. The summed E-state index contributed by atoms with van der Waals surface area (Å²) in [7, 11) is 0. The second-order valence-corrected chi connectivity index (χ2v) is 20.1. The predicted molar refractivity (Wildman–Crippen MR) is 203 cm³/mol. The van der Waals surface area contributed by atoms with Gasteiger partial charge in [-0.05, 0) is 96.0 Å². The quantitative estimate of drug-likeness (QED) is 0.262. The van der Waals surface area contributed by atoms with Gasteiger partial charge in [-0.2, -0.15) is 5.10 Å². The molecule has 2 aromatic heterocycles. The first kappa shape index (κ1) is 37.7. The number of allylic oxidation sites excluding steroid dienone is 1. The zero-order valence-electron chi connectivity index (χ0n) is 33.5. The Morgan fingerprint density at radius 2 is 1.79 bits per heavy atom. The molecule has 0 radical (unpaired) electrons. The van der Waals surface area contributed by atoms with E-state index in [1.807, 2.05) is 24.5 Å². The van der Waals surface area contributed by atoms with Crippen LogP contribution < -0.4 is 5.73 Å². The minimum Gasteiger partial charge on any atom is -0.481 e. The summed E-state index contributed by atoms with van der Waals surface area (Å²) in [6.07, 6.45) is 13.3. The van der Waals surface area contributed by atoms with Crippen LogP contribution in [0.3, 0.4) is 0 Å². The summed E-state index contributed by atoms with van der Waals surface area (Å²) in [5.74, 6) is 1.15. The van der Waals surface area contributed by atoms with E-state index in [0.717, 1.165) is 49.9 Å². The number of rotatable bonds is 8. The minimum atomic E-state index is -0.623. The molecule has 0 amide bonds. The SMILES string of the molecule is CC(C)[C@@H](C)[C@@]1(C)CC[C@]2(C)[C@H]3CC[C@@H]4[C@@]5(COC[C@@]4(C)[C@@H](OC[C@H](N)C(C)(C)C)[C@H](n4ncnc4-c4ccncc4)C5)C3=CC[C@@]2(C)[C@@H]1C(=O)O. The van der Waals surface area contributed by atoms with Crippen LogP contribution in [0.2, 0.25) is 0 Å². The Hall–Kier alpha value is -2.62. The molecule has 5 aliphatic rings. The van der Waals surface area contributed by atoms with Gasteiger partial charge in [0.2, 0.25) is 0 Å². The highest BCUT2D eigenvalue weighted by Gasteiger charge is 2.72. The molecular formula is C43H65N5O4. The molecule has 7 rings (SSSR count). The van der Waals surface area contributed by atoms with Gasteiger partial charge in [0.1, 0.15) is 6.33 Å². The zero-order valence-corrected chi connectivity index (χ0v) is 33.5. The number of aliphatic carboxylic acids is 1. The zero-order chi connectivity index (χ0) is 37.6. The van der Waals surface area contributed by atoms with Crippen LogP contribution >= 0.6 is 0 Å². The average molecular weight is 716 g/mol. The van der Waals surface area contributed by atoms with E-state index in [4.69, 9.17) is 25.3 Å². The maximum atomic E-state index is 13.5.